The summed E-state index contributed by atoms with van der Waals surface area (Å²) in [6.07, 6.45) is 9.81. The van der Waals surface area contributed by atoms with Gasteiger partial charge in [-0.05, 0) is 56.7 Å². The number of carboxylic acids is 1. The summed E-state index contributed by atoms with van der Waals surface area (Å²) in [7, 11) is 0. The number of carbonyl (C=O) groups is 1. The van der Waals surface area contributed by atoms with Gasteiger partial charge >= 0.3 is 5.97 Å². The van der Waals surface area contributed by atoms with E-state index in [1.54, 1.807) is 12.4 Å². The molecule has 0 spiro atoms. The van der Waals surface area contributed by atoms with Crippen LogP contribution in [0.4, 0.5) is 5.82 Å². The van der Waals surface area contributed by atoms with Crippen LogP contribution in [0.3, 0.4) is 0 Å². The van der Waals surface area contributed by atoms with Gasteiger partial charge in [-0.25, -0.2) is 15.0 Å². The fraction of sp³-hybridized carbons (Fsp3) is 0.524. The van der Waals surface area contributed by atoms with E-state index in [1.165, 1.54) is 0 Å². The van der Waals surface area contributed by atoms with Crippen molar-refractivity contribution in [1.82, 2.24) is 15.0 Å². The first-order valence-electron chi connectivity index (χ1n) is 9.78. The minimum absolute atomic E-state index is 0.0124. The summed E-state index contributed by atoms with van der Waals surface area (Å²) in [6.45, 7) is 4.77. The summed E-state index contributed by atoms with van der Waals surface area (Å²) >= 11 is 0. The summed E-state index contributed by atoms with van der Waals surface area (Å²) in [5, 5.41) is 12.4. The predicted octanol–water partition coefficient (Wildman–Crippen LogP) is 4.36. The number of carboxylic acid groups (broad SMARTS) is 1. The molecule has 27 heavy (non-hydrogen) atoms. The van der Waals surface area contributed by atoms with E-state index in [0.29, 0.717) is 5.82 Å². The van der Waals surface area contributed by atoms with E-state index in [1.807, 2.05) is 19.1 Å². The molecular weight excluding hydrogens is 340 g/mol. The van der Waals surface area contributed by atoms with E-state index in [2.05, 4.69) is 33.3 Å². The number of unbranched alkanes of at least 4 members (excludes halogenated alkanes) is 3. The highest BCUT2D eigenvalue weighted by molar-refractivity contribution is 5.68. The van der Waals surface area contributed by atoms with Crippen LogP contribution >= 0.6 is 0 Å². The van der Waals surface area contributed by atoms with Crippen molar-refractivity contribution in [3.05, 3.63) is 47.7 Å². The van der Waals surface area contributed by atoms with E-state index in [9.17, 15) is 9.90 Å². The summed E-state index contributed by atoms with van der Waals surface area (Å²) < 4.78 is 0. The molecule has 0 amide bonds. The Morgan fingerprint density at radius 2 is 1.89 bits per heavy atom. The SMILES string of the molecule is CCNc1cccc(CCCCCC[C@@H](CC(=O)O)c2cnc(C)nc2)n1. The van der Waals surface area contributed by atoms with E-state index in [-0.39, 0.29) is 12.3 Å². The highest BCUT2D eigenvalue weighted by atomic mass is 16.4. The van der Waals surface area contributed by atoms with E-state index in [0.717, 1.165) is 62.1 Å². The fourth-order valence-corrected chi connectivity index (χ4v) is 3.16. The van der Waals surface area contributed by atoms with E-state index >= 15 is 0 Å². The molecule has 6 heteroatoms. The monoisotopic (exact) mass is 370 g/mol. The topological polar surface area (TPSA) is 88.0 Å². The van der Waals surface area contributed by atoms with Crippen LogP contribution in [0.1, 0.15) is 68.4 Å². The summed E-state index contributed by atoms with van der Waals surface area (Å²) in [4.78, 5) is 24.2. The first kappa shape index (κ1) is 20.8. The highest BCUT2D eigenvalue weighted by Crippen LogP contribution is 2.25. The zero-order valence-electron chi connectivity index (χ0n) is 16.3. The molecule has 2 aromatic heterocycles. The van der Waals surface area contributed by atoms with Gasteiger partial charge in [0, 0.05) is 24.6 Å². The lowest BCUT2D eigenvalue weighted by molar-refractivity contribution is -0.137. The number of hydrogen-bond acceptors (Lipinski definition) is 5. The lowest BCUT2D eigenvalue weighted by Gasteiger charge is -2.14. The molecule has 0 unspecified atom stereocenters. The molecule has 2 rings (SSSR count). The molecule has 2 N–H and O–H groups in total. The number of aliphatic carboxylic acids is 1. The van der Waals surface area contributed by atoms with Crippen LogP contribution in [0.15, 0.2) is 30.6 Å². The predicted molar refractivity (Wildman–Crippen MR) is 107 cm³/mol. The molecule has 0 aliphatic rings. The van der Waals surface area contributed by atoms with Crippen molar-refractivity contribution in [2.75, 3.05) is 11.9 Å². The normalized spacial score (nSPS) is 11.9. The highest BCUT2D eigenvalue weighted by Gasteiger charge is 2.16. The molecule has 0 aromatic carbocycles. The van der Waals surface area contributed by atoms with Crippen molar-refractivity contribution in [3.63, 3.8) is 0 Å². The summed E-state index contributed by atoms with van der Waals surface area (Å²) in [5.74, 6) is 0.861. The Morgan fingerprint density at radius 3 is 2.59 bits per heavy atom. The summed E-state index contributed by atoms with van der Waals surface area (Å²) in [5.41, 5.74) is 2.04. The van der Waals surface area contributed by atoms with Crippen molar-refractivity contribution in [3.8, 4) is 0 Å². The maximum absolute atomic E-state index is 11.2. The number of aryl methyl sites for hydroxylation is 2. The van der Waals surface area contributed by atoms with Gasteiger partial charge in [0.1, 0.15) is 11.6 Å². The minimum atomic E-state index is -0.771. The van der Waals surface area contributed by atoms with Crippen LogP contribution in [-0.2, 0) is 11.2 Å². The van der Waals surface area contributed by atoms with Crippen molar-refractivity contribution in [2.24, 2.45) is 0 Å². The van der Waals surface area contributed by atoms with Crippen LogP contribution in [-0.4, -0.2) is 32.6 Å². The van der Waals surface area contributed by atoms with Crippen LogP contribution < -0.4 is 5.32 Å². The molecule has 0 radical (unpaired) electrons. The molecule has 0 aliphatic carbocycles. The molecule has 1 atom stereocenters. The number of anilines is 1. The molecule has 6 nitrogen and oxygen atoms in total. The van der Waals surface area contributed by atoms with E-state index in [4.69, 9.17) is 0 Å². The van der Waals surface area contributed by atoms with E-state index < -0.39 is 5.97 Å². The second-order valence-corrected chi connectivity index (χ2v) is 6.86. The van der Waals surface area contributed by atoms with Gasteiger partial charge in [-0.3, -0.25) is 4.79 Å². The molecule has 146 valence electrons. The Morgan fingerprint density at radius 1 is 1.15 bits per heavy atom. The van der Waals surface area contributed by atoms with Crippen molar-refractivity contribution >= 4 is 11.8 Å². The maximum atomic E-state index is 11.2. The Bertz CT molecular complexity index is 704. The average molecular weight is 370 g/mol. The van der Waals surface area contributed by atoms with Crippen molar-refractivity contribution in [1.29, 1.82) is 0 Å². The Labute approximate surface area is 161 Å². The Hall–Kier alpha value is -2.50. The van der Waals surface area contributed by atoms with Gasteiger partial charge in [-0.1, -0.05) is 25.3 Å². The van der Waals surface area contributed by atoms with Gasteiger partial charge in [0.15, 0.2) is 0 Å². The molecule has 2 heterocycles. The first-order chi connectivity index (χ1) is 13.1. The average Bonchev–Trinajstić information content (AvgIpc) is 2.64. The minimum Gasteiger partial charge on any atom is -0.481 e. The smallest absolute Gasteiger partial charge is 0.303 e. The Balaban J connectivity index is 1.72. The quantitative estimate of drug-likeness (QED) is 0.540. The van der Waals surface area contributed by atoms with Gasteiger partial charge in [0.05, 0.1) is 6.42 Å². The lowest BCUT2D eigenvalue weighted by Crippen LogP contribution is -2.08. The second kappa shape index (κ2) is 11.3. The van der Waals surface area contributed by atoms with Crippen molar-refractivity contribution in [2.45, 2.75) is 64.7 Å². The first-order valence-corrected chi connectivity index (χ1v) is 9.78. The third kappa shape index (κ3) is 7.72. The van der Waals surface area contributed by atoms with Gasteiger partial charge in [-0.2, -0.15) is 0 Å². The largest absolute Gasteiger partial charge is 0.481 e. The number of pyridine rings is 1. The molecule has 2 aromatic rings. The maximum Gasteiger partial charge on any atom is 0.303 e. The second-order valence-electron chi connectivity index (χ2n) is 6.86. The van der Waals surface area contributed by atoms with Gasteiger partial charge in [0.25, 0.3) is 0 Å². The van der Waals surface area contributed by atoms with Crippen molar-refractivity contribution < 1.29 is 9.90 Å². The zero-order valence-corrected chi connectivity index (χ0v) is 16.3. The van der Waals surface area contributed by atoms with Crippen LogP contribution in [0.25, 0.3) is 0 Å². The number of hydrogen-bond donors (Lipinski definition) is 2. The number of nitrogens with one attached hydrogen (secondary N) is 1. The number of aromatic nitrogens is 3. The van der Waals surface area contributed by atoms with Crippen LogP contribution in [0, 0.1) is 6.92 Å². The molecule has 0 fully saturated rings. The third-order valence-electron chi connectivity index (χ3n) is 4.59. The van der Waals surface area contributed by atoms with Crippen LogP contribution in [0.5, 0.6) is 0 Å². The van der Waals surface area contributed by atoms with Gasteiger partial charge < -0.3 is 10.4 Å². The molecular formula is C21H30N4O2. The fourth-order valence-electron chi connectivity index (χ4n) is 3.16. The van der Waals surface area contributed by atoms with Crippen LogP contribution in [0.2, 0.25) is 0 Å². The molecule has 0 aliphatic heterocycles. The Kier molecular flexibility index (Phi) is 8.68. The number of rotatable bonds is 12. The molecule has 0 bridgehead atoms. The summed E-state index contributed by atoms with van der Waals surface area (Å²) in [6, 6.07) is 6.10. The molecule has 0 saturated heterocycles. The third-order valence-corrected chi connectivity index (χ3v) is 4.59. The standard InChI is InChI=1S/C21H30N4O2/c1-3-22-20-12-8-11-19(25-20)10-7-5-4-6-9-17(13-21(26)27)18-14-23-16(2)24-15-18/h8,11-12,14-15,17H,3-7,9-10,13H2,1-2H3,(H,22,25)(H,26,27)/t17-/m0/s1. The van der Waals surface area contributed by atoms with Gasteiger partial charge in [0.2, 0.25) is 0 Å². The number of nitrogens with zero attached hydrogens (tertiary/aromatic N) is 3. The molecule has 0 saturated carbocycles. The van der Waals surface area contributed by atoms with Gasteiger partial charge in [-0.15, -0.1) is 0 Å². The lowest BCUT2D eigenvalue weighted by atomic mass is 9.92. The zero-order chi connectivity index (χ0) is 19.5.